The van der Waals surface area contributed by atoms with Gasteiger partial charge in [-0.2, -0.15) is 0 Å². The maximum atomic E-state index is 13.9. The van der Waals surface area contributed by atoms with E-state index in [0.717, 1.165) is 16.8 Å². The van der Waals surface area contributed by atoms with Crippen molar-refractivity contribution in [2.75, 3.05) is 31.1 Å². The molecule has 2 aliphatic rings. The van der Waals surface area contributed by atoms with Crippen LogP contribution in [-0.4, -0.2) is 48.7 Å². The smallest absolute Gasteiger partial charge is 0.410 e. The van der Waals surface area contributed by atoms with E-state index >= 15 is 0 Å². The van der Waals surface area contributed by atoms with Gasteiger partial charge in [-0.15, -0.1) is 0 Å². The van der Waals surface area contributed by atoms with Crippen LogP contribution in [-0.2, 0) is 17.6 Å². The Morgan fingerprint density at radius 1 is 1.16 bits per heavy atom. The average molecular weight is 352 g/mol. The zero-order valence-electron chi connectivity index (χ0n) is 15.1. The Balaban J connectivity index is 1.69. The van der Waals surface area contributed by atoms with E-state index in [4.69, 9.17) is 4.74 Å². The summed E-state index contributed by atoms with van der Waals surface area (Å²) < 4.78 is 33.1. The van der Waals surface area contributed by atoms with Crippen LogP contribution in [0, 0.1) is 0 Å². The number of rotatable bonds is 1. The van der Waals surface area contributed by atoms with E-state index in [1.54, 1.807) is 4.90 Å². The molecule has 4 nitrogen and oxygen atoms in total. The van der Waals surface area contributed by atoms with Crippen LogP contribution in [0.1, 0.15) is 38.3 Å². The summed E-state index contributed by atoms with van der Waals surface area (Å²) >= 11 is 0. The first-order chi connectivity index (χ1) is 11.6. The highest BCUT2D eigenvalue weighted by Crippen LogP contribution is 2.38. The van der Waals surface area contributed by atoms with Gasteiger partial charge in [0.2, 0.25) is 0 Å². The molecule has 0 unspecified atom stereocenters. The number of benzene rings is 1. The molecule has 0 aromatic heterocycles. The van der Waals surface area contributed by atoms with Crippen LogP contribution < -0.4 is 4.90 Å². The van der Waals surface area contributed by atoms with Gasteiger partial charge >= 0.3 is 6.09 Å². The zero-order chi connectivity index (χ0) is 18.2. The second kappa shape index (κ2) is 6.46. The number of nitrogens with zero attached hydrogens (tertiary/aromatic N) is 2. The van der Waals surface area contributed by atoms with Crippen LogP contribution >= 0.6 is 0 Å². The van der Waals surface area contributed by atoms with Crippen molar-refractivity contribution in [2.24, 2.45) is 0 Å². The van der Waals surface area contributed by atoms with E-state index in [1.165, 1.54) is 0 Å². The second-order valence-corrected chi connectivity index (χ2v) is 7.90. The minimum absolute atomic E-state index is 0.0735. The standard InChI is InChI=1S/C19H26F2N2O2/c1-18(2,3)25-17(24)23-11-9-22(10-12-23)16-6-4-5-14-7-8-19(20,21)13-15(14)16/h4-6H,7-13H2,1-3H3. The molecule has 0 spiro atoms. The monoisotopic (exact) mass is 352 g/mol. The van der Waals surface area contributed by atoms with Crippen molar-refractivity contribution in [2.45, 2.75) is 51.6 Å². The maximum Gasteiger partial charge on any atom is 0.410 e. The van der Waals surface area contributed by atoms with Gasteiger partial charge in [0.05, 0.1) is 0 Å². The molecule has 138 valence electrons. The lowest BCUT2D eigenvalue weighted by Gasteiger charge is -2.38. The highest BCUT2D eigenvalue weighted by Gasteiger charge is 2.36. The van der Waals surface area contributed by atoms with Crippen molar-refractivity contribution >= 4 is 11.8 Å². The number of amides is 1. The number of halogens is 2. The van der Waals surface area contributed by atoms with E-state index in [0.29, 0.717) is 32.6 Å². The lowest BCUT2D eigenvalue weighted by Crippen LogP contribution is -2.50. The molecule has 1 aromatic rings. The second-order valence-electron chi connectivity index (χ2n) is 7.90. The number of carbonyl (C=O) groups is 1. The zero-order valence-corrected chi connectivity index (χ0v) is 15.1. The minimum atomic E-state index is -2.62. The van der Waals surface area contributed by atoms with Gasteiger partial charge in [-0.3, -0.25) is 0 Å². The molecular formula is C19H26F2N2O2. The number of hydrogen-bond acceptors (Lipinski definition) is 3. The molecule has 1 aromatic carbocycles. The molecule has 1 fully saturated rings. The van der Waals surface area contributed by atoms with Crippen molar-refractivity contribution in [3.05, 3.63) is 29.3 Å². The van der Waals surface area contributed by atoms with Crippen LogP contribution in [0.25, 0.3) is 0 Å². The van der Waals surface area contributed by atoms with Gasteiger partial charge < -0.3 is 14.5 Å². The van der Waals surface area contributed by atoms with Crippen LogP contribution in [0.5, 0.6) is 0 Å². The SMILES string of the molecule is CC(C)(C)OC(=O)N1CCN(c2cccc3c2CC(F)(F)CC3)CC1. The summed E-state index contributed by atoms with van der Waals surface area (Å²) in [6, 6.07) is 5.81. The number of hydrogen-bond donors (Lipinski definition) is 0. The fraction of sp³-hybridized carbons (Fsp3) is 0.632. The van der Waals surface area contributed by atoms with Crippen molar-refractivity contribution in [3.63, 3.8) is 0 Å². The summed E-state index contributed by atoms with van der Waals surface area (Å²) in [6.45, 7) is 7.86. The normalized spacial score (nSPS) is 20.2. The molecule has 0 radical (unpaired) electrons. The third kappa shape index (κ3) is 4.22. The van der Waals surface area contributed by atoms with Gasteiger partial charge in [0.25, 0.3) is 5.92 Å². The minimum Gasteiger partial charge on any atom is -0.444 e. The highest BCUT2D eigenvalue weighted by atomic mass is 19.3. The lowest BCUT2D eigenvalue weighted by molar-refractivity contribution is -0.0121. The van der Waals surface area contributed by atoms with Crippen molar-refractivity contribution in [3.8, 4) is 0 Å². The molecule has 3 rings (SSSR count). The number of ether oxygens (including phenoxy) is 1. The molecule has 1 amide bonds. The first kappa shape index (κ1) is 18.0. The summed E-state index contributed by atoms with van der Waals surface area (Å²) in [7, 11) is 0. The van der Waals surface area contributed by atoms with Crippen molar-refractivity contribution < 1.29 is 18.3 Å². The molecule has 1 aliphatic carbocycles. The summed E-state index contributed by atoms with van der Waals surface area (Å²) in [4.78, 5) is 16.0. The van der Waals surface area contributed by atoms with Crippen molar-refractivity contribution in [1.29, 1.82) is 0 Å². The van der Waals surface area contributed by atoms with E-state index in [1.807, 2.05) is 39.0 Å². The fourth-order valence-electron chi connectivity index (χ4n) is 3.48. The van der Waals surface area contributed by atoms with Crippen LogP contribution in [0.15, 0.2) is 18.2 Å². The molecular weight excluding hydrogens is 326 g/mol. The number of carbonyl (C=O) groups excluding carboxylic acids is 1. The van der Waals surface area contributed by atoms with Gasteiger partial charge in [-0.25, -0.2) is 13.6 Å². The topological polar surface area (TPSA) is 32.8 Å². The predicted octanol–water partition coefficient (Wildman–Crippen LogP) is 3.87. The molecule has 1 saturated heterocycles. The van der Waals surface area contributed by atoms with Crippen LogP contribution in [0.3, 0.4) is 0 Å². The summed E-state index contributed by atoms with van der Waals surface area (Å²) in [6.07, 6.45) is -0.150. The quantitative estimate of drug-likeness (QED) is 0.769. The first-order valence-corrected chi connectivity index (χ1v) is 8.86. The Morgan fingerprint density at radius 2 is 1.84 bits per heavy atom. The highest BCUT2D eigenvalue weighted by molar-refractivity contribution is 5.69. The predicted molar refractivity (Wildman–Crippen MR) is 93.4 cm³/mol. The number of aryl methyl sites for hydroxylation is 1. The van der Waals surface area contributed by atoms with Gasteiger partial charge in [0.15, 0.2) is 0 Å². The van der Waals surface area contributed by atoms with Gasteiger partial charge in [0, 0.05) is 44.7 Å². The Kier molecular flexibility index (Phi) is 4.64. The molecule has 1 heterocycles. The van der Waals surface area contributed by atoms with Gasteiger partial charge in [-0.1, -0.05) is 12.1 Å². The van der Waals surface area contributed by atoms with E-state index < -0.39 is 11.5 Å². The third-order valence-electron chi connectivity index (χ3n) is 4.72. The molecule has 0 N–H and O–H groups in total. The van der Waals surface area contributed by atoms with Crippen LogP contribution in [0.2, 0.25) is 0 Å². The summed E-state index contributed by atoms with van der Waals surface area (Å²) in [5.41, 5.74) is 2.17. The molecule has 6 heteroatoms. The first-order valence-electron chi connectivity index (χ1n) is 8.86. The summed E-state index contributed by atoms with van der Waals surface area (Å²) in [5, 5.41) is 0. The Hall–Kier alpha value is -1.85. The van der Waals surface area contributed by atoms with Crippen molar-refractivity contribution in [1.82, 2.24) is 4.90 Å². The maximum absolute atomic E-state index is 13.9. The van der Waals surface area contributed by atoms with Gasteiger partial charge in [0.1, 0.15) is 5.60 Å². The number of fused-ring (bicyclic) bond motifs is 1. The number of piperazine rings is 1. The van der Waals surface area contributed by atoms with E-state index in [9.17, 15) is 13.6 Å². The largest absolute Gasteiger partial charge is 0.444 e. The third-order valence-corrected chi connectivity index (χ3v) is 4.72. The molecule has 0 bridgehead atoms. The Bertz CT molecular complexity index is 647. The summed E-state index contributed by atoms with van der Waals surface area (Å²) in [5.74, 6) is -2.62. The lowest BCUT2D eigenvalue weighted by atomic mass is 9.87. The molecule has 25 heavy (non-hydrogen) atoms. The molecule has 0 saturated carbocycles. The number of alkyl halides is 2. The van der Waals surface area contributed by atoms with E-state index in [-0.39, 0.29) is 18.9 Å². The Morgan fingerprint density at radius 3 is 2.48 bits per heavy atom. The van der Waals surface area contributed by atoms with Crippen LogP contribution in [0.4, 0.5) is 19.3 Å². The average Bonchev–Trinajstić information content (AvgIpc) is 2.52. The molecule has 0 atom stereocenters. The molecule has 1 aliphatic heterocycles. The van der Waals surface area contributed by atoms with Gasteiger partial charge in [-0.05, 0) is 44.4 Å². The van der Waals surface area contributed by atoms with E-state index in [2.05, 4.69) is 4.90 Å². The Labute approximate surface area is 147 Å². The number of anilines is 1. The fourth-order valence-corrected chi connectivity index (χ4v) is 3.48.